The first-order chi connectivity index (χ1) is 13.7. The minimum Gasteiger partial charge on any atom is -0.394 e. The number of aliphatic hydroxyl groups excluding tert-OH is 1. The molecule has 0 spiro atoms. The second-order valence-corrected chi connectivity index (χ2v) is 6.64. The number of anilines is 1. The average Bonchev–Trinajstić information content (AvgIpc) is 2.77. The van der Waals surface area contributed by atoms with E-state index in [1.807, 2.05) is 60.7 Å². The number of aliphatic hydroxyl groups is 1. The van der Waals surface area contributed by atoms with Crippen LogP contribution < -0.4 is 10.2 Å². The number of piperazine rings is 1. The highest BCUT2D eigenvalue weighted by atomic mass is 16.3. The van der Waals surface area contributed by atoms with Crippen LogP contribution in [0.2, 0.25) is 0 Å². The molecule has 0 radical (unpaired) electrons. The standard InChI is InChI=1S/C22H25N3O3/c26-17-20(23-21(27)12-11-18-7-3-1-4-8-18)22(28)25-15-13-24(14-16-25)19-9-5-2-6-10-19/h1-12,20,26H,13-17H2,(H,23,27)/t20-/m0/s1. The smallest absolute Gasteiger partial charge is 0.247 e. The number of para-hydroxylation sites is 1. The van der Waals surface area contributed by atoms with E-state index in [4.69, 9.17) is 0 Å². The van der Waals surface area contributed by atoms with Gasteiger partial charge in [0.05, 0.1) is 6.61 Å². The lowest BCUT2D eigenvalue weighted by atomic mass is 10.2. The normalized spacial score (nSPS) is 15.5. The van der Waals surface area contributed by atoms with Crippen LogP contribution in [0.4, 0.5) is 5.69 Å². The first-order valence-corrected chi connectivity index (χ1v) is 9.40. The molecule has 6 nitrogen and oxygen atoms in total. The highest BCUT2D eigenvalue weighted by Gasteiger charge is 2.27. The molecule has 2 N–H and O–H groups in total. The Morgan fingerprint density at radius 3 is 2.18 bits per heavy atom. The maximum absolute atomic E-state index is 12.7. The Morgan fingerprint density at radius 1 is 0.964 bits per heavy atom. The summed E-state index contributed by atoms with van der Waals surface area (Å²) in [4.78, 5) is 28.7. The van der Waals surface area contributed by atoms with Gasteiger partial charge in [0.2, 0.25) is 11.8 Å². The Hall–Kier alpha value is -3.12. The summed E-state index contributed by atoms with van der Waals surface area (Å²) in [5, 5.41) is 12.2. The fourth-order valence-electron chi connectivity index (χ4n) is 3.19. The van der Waals surface area contributed by atoms with Gasteiger partial charge in [-0.05, 0) is 23.8 Å². The van der Waals surface area contributed by atoms with Crippen LogP contribution in [0, 0.1) is 0 Å². The molecule has 146 valence electrons. The molecule has 2 amide bonds. The molecule has 1 aliphatic rings. The molecule has 2 aromatic rings. The second-order valence-electron chi connectivity index (χ2n) is 6.64. The van der Waals surface area contributed by atoms with Gasteiger partial charge in [-0.25, -0.2) is 0 Å². The van der Waals surface area contributed by atoms with Crippen LogP contribution in [0.5, 0.6) is 0 Å². The van der Waals surface area contributed by atoms with Crippen molar-refractivity contribution in [1.29, 1.82) is 0 Å². The molecule has 0 aliphatic carbocycles. The monoisotopic (exact) mass is 379 g/mol. The average molecular weight is 379 g/mol. The Kier molecular flexibility index (Phi) is 6.81. The van der Waals surface area contributed by atoms with Crippen molar-refractivity contribution in [2.24, 2.45) is 0 Å². The van der Waals surface area contributed by atoms with Gasteiger partial charge in [0.15, 0.2) is 0 Å². The van der Waals surface area contributed by atoms with E-state index in [1.165, 1.54) is 6.08 Å². The SMILES string of the molecule is O=C(C=Cc1ccccc1)N[C@@H](CO)C(=O)N1CCN(c2ccccc2)CC1. The van der Waals surface area contributed by atoms with E-state index in [9.17, 15) is 14.7 Å². The molecule has 6 heteroatoms. The number of carbonyl (C=O) groups is 2. The van der Waals surface area contributed by atoms with Crippen molar-refractivity contribution < 1.29 is 14.7 Å². The van der Waals surface area contributed by atoms with E-state index >= 15 is 0 Å². The molecule has 0 unspecified atom stereocenters. The molecule has 0 aromatic heterocycles. The molecule has 1 saturated heterocycles. The molecule has 28 heavy (non-hydrogen) atoms. The minimum absolute atomic E-state index is 0.253. The Bertz CT molecular complexity index is 800. The zero-order valence-electron chi connectivity index (χ0n) is 15.7. The van der Waals surface area contributed by atoms with Gasteiger partial charge in [-0.3, -0.25) is 9.59 Å². The van der Waals surface area contributed by atoms with Gasteiger partial charge in [-0.1, -0.05) is 48.5 Å². The maximum atomic E-state index is 12.7. The Labute approximate surface area is 165 Å². The van der Waals surface area contributed by atoms with E-state index in [-0.39, 0.29) is 5.91 Å². The van der Waals surface area contributed by atoms with Crippen molar-refractivity contribution in [3.8, 4) is 0 Å². The zero-order valence-corrected chi connectivity index (χ0v) is 15.7. The molecule has 3 rings (SSSR count). The Balaban J connectivity index is 1.52. The largest absolute Gasteiger partial charge is 0.394 e. The molecule has 1 fully saturated rings. The van der Waals surface area contributed by atoms with Gasteiger partial charge in [-0.15, -0.1) is 0 Å². The molecule has 1 atom stereocenters. The number of hydrogen-bond acceptors (Lipinski definition) is 4. The summed E-state index contributed by atoms with van der Waals surface area (Å²) in [5.41, 5.74) is 2.02. The minimum atomic E-state index is -0.934. The van der Waals surface area contributed by atoms with Gasteiger partial charge in [-0.2, -0.15) is 0 Å². The first-order valence-electron chi connectivity index (χ1n) is 9.40. The van der Waals surface area contributed by atoms with Crippen molar-refractivity contribution in [3.63, 3.8) is 0 Å². The third-order valence-electron chi connectivity index (χ3n) is 4.74. The predicted molar refractivity (Wildman–Crippen MR) is 110 cm³/mol. The lowest BCUT2D eigenvalue weighted by Gasteiger charge is -2.37. The van der Waals surface area contributed by atoms with E-state index in [2.05, 4.69) is 10.2 Å². The van der Waals surface area contributed by atoms with Gasteiger partial charge < -0.3 is 20.2 Å². The zero-order chi connectivity index (χ0) is 19.8. The number of amides is 2. The van der Waals surface area contributed by atoms with Crippen LogP contribution in [0.1, 0.15) is 5.56 Å². The fraction of sp³-hybridized carbons (Fsp3) is 0.273. The van der Waals surface area contributed by atoms with E-state index in [0.29, 0.717) is 13.1 Å². The lowest BCUT2D eigenvalue weighted by molar-refractivity contribution is -0.137. The molecule has 1 heterocycles. The summed E-state index contributed by atoms with van der Waals surface area (Å²) in [6, 6.07) is 18.5. The summed E-state index contributed by atoms with van der Waals surface area (Å²) >= 11 is 0. The third-order valence-corrected chi connectivity index (χ3v) is 4.74. The van der Waals surface area contributed by atoms with Crippen molar-refractivity contribution >= 4 is 23.6 Å². The van der Waals surface area contributed by atoms with Crippen LogP contribution in [-0.4, -0.2) is 60.6 Å². The molecule has 1 aliphatic heterocycles. The number of rotatable bonds is 6. The quantitative estimate of drug-likeness (QED) is 0.747. The van der Waals surface area contributed by atoms with Crippen molar-refractivity contribution in [3.05, 3.63) is 72.3 Å². The maximum Gasteiger partial charge on any atom is 0.247 e. The van der Waals surface area contributed by atoms with Gasteiger partial charge in [0, 0.05) is 37.9 Å². The summed E-state index contributed by atoms with van der Waals surface area (Å²) in [6.45, 7) is 2.12. The highest BCUT2D eigenvalue weighted by Crippen LogP contribution is 2.16. The number of carbonyl (C=O) groups excluding carboxylic acids is 2. The molecule has 0 saturated carbocycles. The topological polar surface area (TPSA) is 72.9 Å². The van der Waals surface area contributed by atoms with E-state index < -0.39 is 18.6 Å². The van der Waals surface area contributed by atoms with Crippen LogP contribution in [0.15, 0.2) is 66.7 Å². The first kappa shape index (κ1) is 19.6. The van der Waals surface area contributed by atoms with Crippen LogP contribution in [0.25, 0.3) is 6.08 Å². The summed E-state index contributed by atoms with van der Waals surface area (Å²) in [6.07, 6.45) is 3.05. The van der Waals surface area contributed by atoms with Crippen LogP contribution in [0.3, 0.4) is 0 Å². The molecule has 0 bridgehead atoms. The summed E-state index contributed by atoms with van der Waals surface area (Å²) in [7, 11) is 0. The molecular formula is C22H25N3O3. The molecular weight excluding hydrogens is 354 g/mol. The van der Waals surface area contributed by atoms with E-state index in [0.717, 1.165) is 24.3 Å². The lowest BCUT2D eigenvalue weighted by Crippen LogP contribution is -2.56. The van der Waals surface area contributed by atoms with Gasteiger partial charge in [0.1, 0.15) is 6.04 Å². The highest BCUT2D eigenvalue weighted by molar-refractivity contribution is 5.95. The fourth-order valence-corrected chi connectivity index (χ4v) is 3.19. The van der Waals surface area contributed by atoms with Gasteiger partial charge >= 0.3 is 0 Å². The third kappa shape index (κ3) is 5.20. The van der Waals surface area contributed by atoms with Crippen LogP contribution in [-0.2, 0) is 9.59 Å². The van der Waals surface area contributed by atoms with Gasteiger partial charge in [0.25, 0.3) is 0 Å². The predicted octanol–water partition coefficient (Wildman–Crippen LogP) is 1.53. The second kappa shape index (κ2) is 9.71. The van der Waals surface area contributed by atoms with E-state index in [1.54, 1.807) is 11.0 Å². The van der Waals surface area contributed by atoms with Crippen molar-refractivity contribution in [2.75, 3.05) is 37.7 Å². The number of nitrogens with zero attached hydrogens (tertiary/aromatic N) is 2. The van der Waals surface area contributed by atoms with Crippen molar-refractivity contribution in [1.82, 2.24) is 10.2 Å². The number of hydrogen-bond donors (Lipinski definition) is 2. The number of benzene rings is 2. The summed E-state index contributed by atoms with van der Waals surface area (Å²) < 4.78 is 0. The molecule has 2 aromatic carbocycles. The summed E-state index contributed by atoms with van der Waals surface area (Å²) in [5.74, 6) is -0.657. The van der Waals surface area contributed by atoms with Crippen molar-refractivity contribution in [2.45, 2.75) is 6.04 Å². The van der Waals surface area contributed by atoms with Crippen LogP contribution >= 0.6 is 0 Å². The number of nitrogens with one attached hydrogen (secondary N) is 1. The Morgan fingerprint density at radius 2 is 1.57 bits per heavy atom.